The van der Waals surface area contributed by atoms with Crippen LogP contribution in [-0.2, 0) is 9.59 Å². The molecule has 0 saturated heterocycles. The Morgan fingerprint density at radius 1 is 1.25 bits per heavy atom. The molecule has 2 rings (SSSR count). The molecule has 1 aromatic rings. The van der Waals surface area contributed by atoms with E-state index in [2.05, 4.69) is 24.5 Å². The fraction of sp³-hybridized carbons (Fsp3) is 0.500. The standard InChI is InChI=1S/C18H22FN3O2/c1-11(2)14-5-3-4-6-16(14)22-18(24)17(23)21-13-7-8-15(19)12(9-13)10-20/h7-9,11,14,16H,3-6H2,1-2H3,(H,21,23)(H,22,24)/t14-,16-/m1/s1. The van der Waals surface area contributed by atoms with Gasteiger partial charge in [-0.05, 0) is 42.9 Å². The quantitative estimate of drug-likeness (QED) is 0.835. The van der Waals surface area contributed by atoms with Crippen LogP contribution in [0.3, 0.4) is 0 Å². The molecule has 0 aliphatic heterocycles. The lowest BCUT2D eigenvalue weighted by Crippen LogP contribution is -2.47. The van der Waals surface area contributed by atoms with Gasteiger partial charge in [-0.15, -0.1) is 0 Å². The number of benzene rings is 1. The first kappa shape index (κ1) is 17.9. The van der Waals surface area contributed by atoms with E-state index in [-0.39, 0.29) is 17.3 Å². The molecule has 6 heteroatoms. The molecule has 1 fully saturated rings. The first-order chi connectivity index (χ1) is 11.4. The molecule has 1 aliphatic rings. The van der Waals surface area contributed by atoms with Crippen molar-refractivity contribution < 1.29 is 14.0 Å². The summed E-state index contributed by atoms with van der Waals surface area (Å²) in [5.74, 6) is -1.36. The molecule has 2 N–H and O–H groups in total. The van der Waals surface area contributed by atoms with Gasteiger partial charge in [0.05, 0.1) is 5.56 Å². The Labute approximate surface area is 141 Å². The first-order valence-corrected chi connectivity index (χ1v) is 8.24. The molecule has 2 atom stereocenters. The molecule has 1 saturated carbocycles. The van der Waals surface area contributed by atoms with E-state index < -0.39 is 17.6 Å². The Morgan fingerprint density at radius 3 is 2.62 bits per heavy atom. The smallest absolute Gasteiger partial charge is 0.313 e. The van der Waals surface area contributed by atoms with Gasteiger partial charge in [-0.3, -0.25) is 9.59 Å². The molecule has 1 aromatic carbocycles. The van der Waals surface area contributed by atoms with Gasteiger partial charge in [0.1, 0.15) is 11.9 Å². The third-order valence-corrected chi connectivity index (χ3v) is 4.54. The van der Waals surface area contributed by atoms with Gasteiger partial charge in [-0.1, -0.05) is 26.7 Å². The molecular weight excluding hydrogens is 309 g/mol. The van der Waals surface area contributed by atoms with Gasteiger partial charge >= 0.3 is 11.8 Å². The first-order valence-electron chi connectivity index (χ1n) is 8.24. The number of nitriles is 1. The Hall–Kier alpha value is -2.42. The second kappa shape index (κ2) is 7.91. The topological polar surface area (TPSA) is 82.0 Å². The maximum Gasteiger partial charge on any atom is 0.313 e. The van der Waals surface area contributed by atoms with E-state index in [0.717, 1.165) is 31.7 Å². The van der Waals surface area contributed by atoms with E-state index >= 15 is 0 Å². The summed E-state index contributed by atoms with van der Waals surface area (Å²) in [4.78, 5) is 24.2. The van der Waals surface area contributed by atoms with E-state index in [4.69, 9.17) is 5.26 Å². The second-order valence-electron chi connectivity index (χ2n) is 6.53. The fourth-order valence-corrected chi connectivity index (χ4v) is 3.25. The highest BCUT2D eigenvalue weighted by molar-refractivity contribution is 6.39. The van der Waals surface area contributed by atoms with Gasteiger partial charge in [0, 0.05) is 11.7 Å². The summed E-state index contributed by atoms with van der Waals surface area (Å²) in [5.41, 5.74) is 0.0394. The number of hydrogen-bond acceptors (Lipinski definition) is 3. The number of anilines is 1. The number of nitrogens with one attached hydrogen (secondary N) is 2. The van der Waals surface area contributed by atoms with Crippen LogP contribution in [0.2, 0.25) is 0 Å². The van der Waals surface area contributed by atoms with Gasteiger partial charge in [-0.25, -0.2) is 4.39 Å². The summed E-state index contributed by atoms with van der Waals surface area (Å²) >= 11 is 0. The number of carbonyl (C=O) groups excluding carboxylic acids is 2. The number of amides is 2. The summed E-state index contributed by atoms with van der Waals surface area (Å²) in [6, 6.07) is 5.31. The van der Waals surface area contributed by atoms with Crippen molar-refractivity contribution >= 4 is 17.5 Å². The van der Waals surface area contributed by atoms with E-state index in [1.54, 1.807) is 6.07 Å². The lowest BCUT2D eigenvalue weighted by molar-refractivity contribution is -0.137. The van der Waals surface area contributed by atoms with Crippen molar-refractivity contribution in [1.82, 2.24) is 5.32 Å². The molecule has 0 unspecified atom stereocenters. The van der Waals surface area contributed by atoms with E-state index in [1.807, 2.05) is 0 Å². The Balaban J connectivity index is 1.99. The van der Waals surface area contributed by atoms with Crippen molar-refractivity contribution in [3.05, 3.63) is 29.6 Å². The average Bonchev–Trinajstić information content (AvgIpc) is 2.56. The minimum atomic E-state index is -0.807. The Morgan fingerprint density at radius 2 is 1.96 bits per heavy atom. The van der Waals surface area contributed by atoms with Crippen LogP contribution >= 0.6 is 0 Å². The summed E-state index contributed by atoms with van der Waals surface area (Å²) in [5, 5.41) is 14.0. The molecule has 2 amide bonds. The van der Waals surface area contributed by atoms with E-state index in [9.17, 15) is 14.0 Å². The van der Waals surface area contributed by atoms with Crippen molar-refractivity contribution in [1.29, 1.82) is 5.26 Å². The van der Waals surface area contributed by atoms with Crippen LogP contribution in [0.15, 0.2) is 18.2 Å². The minimum absolute atomic E-state index is 0.000104. The van der Waals surface area contributed by atoms with Gasteiger partial charge in [-0.2, -0.15) is 5.26 Å². The van der Waals surface area contributed by atoms with Crippen molar-refractivity contribution in [3.63, 3.8) is 0 Å². The van der Waals surface area contributed by atoms with Gasteiger partial charge in [0.2, 0.25) is 0 Å². The third-order valence-electron chi connectivity index (χ3n) is 4.54. The molecule has 24 heavy (non-hydrogen) atoms. The van der Waals surface area contributed by atoms with Crippen molar-refractivity contribution in [2.24, 2.45) is 11.8 Å². The number of halogens is 1. The highest BCUT2D eigenvalue weighted by Gasteiger charge is 2.30. The second-order valence-corrected chi connectivity index (χ2v) is 6.53. The summed E-state index contributed by atoms with van der Waals surface area (Å²) in [7, 11) is 0. The Bertz CT molecular complexity index is 667. The minimum Gasteiger partial charge on any atom is -0.345 e. The molecular formula is C18H22FN3O2. The van der Waals surface area contributed by atoms with Crippen LogP contribution in [0, 0.1) is 29.0 Å². The van der Waals surface area contributed by atoms with Gasteiger partial charge in [0.15, 0.2) is 0 Å². The van der Waals surface area contributed by atoms with Crippen LogP contribution in [0.1, 0.15) is 45.1 Å². The maximum absolute atomic E-state index is 13.3. The predicted molar refractivity (Wildman–Crippen MR) is 88.5 cm³/mol. The van der Waals surface area contributed by atoms with Crippen LogP contribution in [-0.4, -0.2) is 17.9 Å². The Kier molecular flexibility index (Phi) is 5.91. The summed E-state index contributed by atoms with van der Waals surface area (Å²) in [6.45, 7) is 4.24. The predicted octanol–water partition coefficient (Wildman–Crippen LogP) is 2.97. The fourth-order valence-electron chi connectivity index (χ4n) is 3.25. The molecule has 5 nitrogen and oxygen atoms in total. The van der Waals surface area contributed by atoms with E-state index in [0.29, 0.717) is 11.8 Å². The number of hydrogen-bond donors (Lipinski definition) is 2. The summed E-state index contributed by atoms with van der Waals surface area (Å²) in [6.07, 6.45) is 4.11. The molecule has 0 heterocycles. The van der Waals surface area contributed by atoms with Gasteiger partial charge < -0.3 is 10.6 Å². The lowest BCUT2D eigenvalue weighted by atomic mass is 9.78. The normalized spacial score (nSPS) is 20.3. The van der Waals surface area contributed by atoms with Crippen LogP contribution in [0.25, 0.3) is 0 Å². The van der Waals surface area contributed by atoms with Gasteiger partial charge in [0.25, 0.3) is 0 Å². The number of carbonyl (C=O) groups is 2. The van der Waals surface area contributed by atoms with Crippen molar-refractivity contribution in [2.45, 2.75) is 45.6 Å². The molecule has 0 bridgehead atoms. The van der Waals surface area contributed by atoms with Crippen LogP contribution < -0.4 is 10.6 Å². The number of rotatable bonds is 3. The van der Waals surface area contributed by atoms with Crippen LogP contribution in [0.5, 0.6) is 0 Å². The largest absolute Gasteiger partial charge is 0.345 e. The zero-order chi connectivity index (χ0) is 17.7. The zero-order valence-electron chi connectivity index (χ0n) is 13.9. The van der Waals surface area contributed by atoms with E-state index in [1.165, 1.54) is 12.1 Å². The number of nitrogens with zero attached hydrogens (tertiary/aromatic N) is 1. The van der Waals surface area contributed by atoms with Crippen molar-refractivity contribution in [3.8, 4) is 6.07 Å². The SMILES string of the molecule is CC(C)[C@H]1CCCC[C@H]1NC(=O)C(=O)Nc1ccc(F)c(C#N)c1. The van der Waals surface area contributed by atoms with Crippen LogP contribution in [0.4, 0.5) is 10.1 Å². The molecule has 0 radical (unpaired) electrons. The maximum atomic E-state index is 13.3. The molecule has 0 aromatic heterocycles. The highest BCUT2D eigenvalue weighted by Crippen LogP contribution is 2.30. The van der Waals surface area contributed by atoms with Crippen molar-refractivity contribution in [2.75, 3.05) is 5.32 Å². The summed E-state index contributed by atoms with van der Waals surface area (Å²) < 4.78 is 13.3. The highest BCUT2D eigenvalue weighted by atomic mass is 19.1. The monoisotopic (exact) mass is 331 g/mol. The zero-order valence-corrected chi connectivity index (χ0v) is 13.9. The average molecular weight is 331 g/mol. The lowest BCUT2D eigenvalue weighted by Gasteiger charge is -2.34. The molecule has 0 spiro atoms. The third kappa shape index (κ3) is 4.31. The molecule has 1 aliphatic carbocycles. The molecule has 128 valence electrons.